The summed E-state index contributed by atoms with van der Waals surface area (Å²) in [5.41, 5.74) is 11.1. The van der Waals surface area contributed by atoms with Gasteiger partial charge in [0.15, 0.2) is 0 Å². The van der Waals surface area contributed by atoms with Gasteiger partial charge in [0.1, 0.15) is 0 Å². The molecule has 96 valence electrons. The number of hydrogen-bond donors (Lipinski definition) is 2. The number of amides is 2. The van der Waals surface area contributed by atoms with E-state index in [1.807, 2.05) is 6.92 Å². The molecule has 0 saturated heterocycles. The van der Waals surface area contributed by atoms with E-state index in [4.69, 9.17) is 5.73 Å². The number of carbonyl (C=O) groups excluding carboxylic acids is 1. The van der Waals surface area contributed by atoms with Crippen molar-refractivity contribution in [2.24, 2.45) is 16.8 Å². The summed E-state index contributed by atoms with van der Waals surface area (Å²) in [5.74, 6) is 0.610. The lowest BCUT2D eigenvalue weighted by molar-refractivity contribution is 0.249. The van der Waals surface area contributed by atoms with Gasteiger partial charge in [0, 0.05) is 5.71 Å². The van der Waals surface area contributed by atoms with Crippen LogP contribution in [0.1, 0.15) is 30.9 Å². The highest BCUT2D eigenvalue weighted by atomic mass is 16.2. The van der Waals surface area contributed by atoms with Gasteiger partial charge in [-0.1, -0.05) is 24.3 Å². The standard InChI is InChI=1S/C14H19N3O/c1-10(16-17-14(15)18)8-11-6-7-12-4-2-3-5-13(12)9-11/h2-5,11H,6-9H2,1H3,(H3,15,17,18)/b16-10-. The summed E-state index contributed by atoms with van der Waals surface area (Å²) in [7, 11) is 0. The minimum Gasteiger partial charge on any atom is -0.350 e. The van der Waals surface area contributed by atoms with Crippen LogP contribution in [0.2, 0.25) is 0 Å². The van der Waals surface area contributed by atoms with Crippen molar-refractivity contribution in [2.75, 3.05) is 0 Å². The number of fused-ring (bicyclic) bond motifs is 1. The van der Waals surface area contributed by atoms with Gasteiger partial charge in [-0.25, -0.2) is 10.2 Å². The van der Waals surface area contributed by atoms with Crippen molar-refractivity contribution in [1.82, 2.24) is 5.43 Å². The summed E-state index contributed by atoms with van der Waals surface area (Å²) in [5, 5.41) is 3.97. The van der Waals surface area contributed by atoms with Gasteiger partial charge in [0.2, 0.25) is 0 Å². The first-order chi connectivity index (χ1) is 8.65. The monoisotopic (exact) mass is 245 g/mol. The number of rotatable bonds is 3. The normalized spacial score (nSPS) is 19.2. The van der Waals surface area contributed by atoms with Crippen LogP contribution < -0.4 is 11.2 Å². The Bertz CT molecular complexity index is 468. The summed E-state index contributed by atoms with van der Waals surface area (Å²) in [6.45, 7) is 1.93. The smallest absolute Gasteiger partial charge is 0.332 e. The molecule has 1 atom stereocenters. The van der Waals surface area contributed by atoms with Crippen LogP contribution in [0.4, 0.5) is 4.79 Å². The number of primary amides is 1. The van der Waals surface area contributed by atoms with E-state index in [0.717, 1.165) is 25.0 Å². The Morgan fingerprint density at radius 2 is 2.17 bits per heavy atom. The maximum atomic E-state index is 10.6. The number of urea groups is 1. The average molecular weight is 245 g/mol. The van der Waals surface area contributed by atoms with Crippen molar-refractivity contribution >= 4 is 11.7 Å². The zero-order valence-electron chi connectivity index (χ0n) is 10.6. The molecule has 18 heavy (non-hydrogen) atoms. The van der Waals surface area contributed by atoms with Crippen LogP contribution in [0.3, 0.4) is 0 Å². The highest BCUT2D eigenvalue weighted by Crippen LogP contribution is 2.27. The molecule has 0 fully saturated rings. The summed E-state index contributed by atoms with van der Waals surface area (Å²) >= 11 is 0. The minimum atomic E-state index is -0.608. The molecule has 4 nitrogen and oxygen atoms in total. The number of nitrogens with one attached hydrogen (secondary N) is 1. The van der Waals surface area contributed by atoms with Crippen LogP contribution in [-0.2, 0) is 12.8 Å². The third-order valence-corrected chi connectivity index (χ3v) is 3.39. The second kappa shape index (κ2) is 5.67. The predicted molar refractivity (Wildman–Crippen MR) is 72.4 cm³/mol. The lowest BCUT2D eigenvalue weighted by Crippen LogP contribution is -2.26. The Morgan fingerprint density at radius 1 is 1.44 bits per heavy atom. The molecule has 1 aliphatic rings. The Morgan fingerprint density at radius 3 is 2.89 bits per heavy atom. The third kappa shape index (κ3) is 3.32. The molecule has 3 N–H and O–H groups in total. The lowest BCUT2D eigenvalue weighted by Gasteiger charge is -2.24. The zero-order chi connectivity index (χ0) is 13.0. The molecule has 0 spiro atoms. The van der Waals surface area contributed by atoms with Crippen molar-refractivity contribution < 1.29 is 4.79 Å². The van der Waals surface area contributed by atoms with E-state index in [9.17, 15) is 4.79 Å². The molecule has 0 radical (unpaired) electrons. The molecule has 1 aromatic rings. The molecule has 2 amide bonds. The first kappa shape index (κ1) is 12.6. The molecule has 1 aromatic carbocycles. The van der Waals surface area contributed by atoms with Crippen molar-refractivity contribution in [3.05, 3.63) is 35.4 Å². The van der Waals surface area contributed by atoms with Crippen LogP contribution in [-0.4, -0.2) is 11.7 Å². The summed E-state index contributed by atoms with van der Waals surface area (Å²) in [4.78, 5) is 10.6. The molecule has 0 aromatic heterocycles. The van der Waals surface area contributed by atoms with Crippen LogP contribution >= 0.6 is 0 Å². The fourth-order valence-corrected chi connectivity index (χ4v) is 2.56. The Balaban J connectivity index is 1.93. The molecule has 1 unspecified atom stereocenters. The number of nitrogens with zero attached hydrogens (tertiary/aromatic N) is 1. The molecule has 0 heterocycles. The fourth-order valence-electron chi connectivity index (χ4n) is 2.56. The van der Waals surface area contributed by atoms with E-state index in [0.29, 0.717) is 5.92 Å². The number of benzene rings is 1. The molecule has 1 aliphatic carbocycles. The van der Waals surface area contributed by atoms with Gasteiger partial charge in [0.25, 0.3) is 0 Å². The highest BCUT2D eigenvalue weighted by molar-refractivity contribution is 5.83. The maximum Gasteiger partial charge on any atom is 0.332 e. The van der Waals surface area contributed by atoms with E-state index in [-0.39, 0.29) is 0 Å². The second-order valence-corrected chi connectivity index (χ2v) is 4.90. The van der Waals surface area contributed by atoms with Crippen molar-refractivity contribution in [1.29, 1.82) is 0 Å². The van der Waals surface area contributed by atoms with Gasteiger partial charge in [-0.05, 0) is 49.7 Å². The first-order valence-electron chi connectivity index (χ1n) is 6.30. The molecule has 4 heteroatoms. The quantitative estimate of drug-likeness (QED) is 0.622. The maximum absolute atomic E-state index is 10.6. The molecular weight excluding hydrogens is 226 g/mol. The number of aryl methyl sites for hydroxylation is 1. The van der Waals surface area contributed by atoms with E-state index in [1.165, 1.54) is 17.5 Å². The number of hydrogen-bond acceptors (Lipinski definition) is 2. The van der Waals surface area contributed by atoms with Crippen LogP contribution in [0, 0.1) is 5.92 Å². The number of carbonyl (C=O) groups is 1. The molecule has 2 rings (SSSR count). The van der Waals surface area contributed by atoms with Crippen LogP contribution in [0.15, 0.2) is 29.4 Å². The topological polar surface area (TPSA) is 67.5 Å². The van der Waals surface area contributed by atoms with E-state index in [1.54, 1.807) is 0 Å². The summed E-state index contributed by atoms with van der Waals surface area (Å²) in [6.07, 6.45) is 4.33. The Kier molecular flexibility index (Phi) is 3.97. The Labute approximate surface area is 107 Å². The number of nitrogens with two attached hydrogens (primary N) is 1. The SMILES string of the molecule is C/C(CC1CCc2ccccc2C1)=N/NC(N)=O. The van der Waals surface area contributed by atoms with Crippen molar-refractivity contribution in [2.45, 2.75) is 32.6 Å². The predicted octanol–water partition coefficient (Wildman–Crippen LogP) is 2.23. The van der Waals surface area contributed by atoms with Gasteiger partial charge in [-0.15, -0.1) is 0 Å². The van der Waals surface area contributed by atoms with E-state index in [2.05, 4.69) is 34.8 Å². The highest BCUT2D eigenvalue weighted by Gasteiger charge is 2.18. The first-order valence-corrected chi connectivity index (χ1v) is 6.30. The van der Waals surface area contributed by atoms with Gasteiger partial charge in [-0.3, -0.25) is 0 Å². The summed E-state index contributed by atoms with van der Waals surface area (Å²) in [6, 6.07) is 8.00. The fraction of sp³-hybridized carbons (Fsp3) is 0.429. The largest absolute Gasteiger partial charge is 0.350 e. The third-order valence-electron chi connectivity index (χ3n) is 3.39. The van der Waals surface area contributed by atoms with Crippen LogP contribution in [0.5, 0.6) is 0 Å². The Hall–Kier alpha value is -1.84. The average Bonchev–Trinajstić information content (AvgIpc) is 2.36. The molecule has 0 aliphatic heterocycles. The van der Waals surface area contributed by atoms with Crippen LogP contribution in [0.25, 0.3) is 0 Å². The lowest BCUT2D eigenvalue weighted by atomic mass is 9.81. The molecular formula is C14H19N3O. The van der Waals surface area contributed by atoms with Crippen molar-refractivity contribution in [3.8, 4) is 0 Å². The summed E-state index contributed by atoms with van der Waals surface area (Å²) < 4.78 is 0. The number of hydrazone groups is 1. The molecule has 0 bridgehead atoms. The van der Waals surface area contributed by atoms with E-state index < -0.39 is 6.03 Å². The zero-order valence-corrected chi connectivity index (χ0v) is 10.6. The minimum absolute atomic E-state index is 0.608. The van der Waals surface area contributed by atoms with Gasteiger partial charge >= 0.3 is 6.03 Å². The van der Waals surface area contributed by atoms with Gasteiger partial charge in [-0.2, -0.15) is 5.10 Å². The second-order valence-electron chi connectivity index (χ2n) is 4.90. The molecule has 0 saturated carbocycles. The van der Waals surface area contributed by atoms with Gasteiger partial charge < -0.3 is 5.73 Å². The van der Waals surface area contributed by atoms with Crippen molar-refractivity contribution in [3.63, 3.8) is 0 Å². The van der Waals surface area contributed by atoms with Gasteiger partial charge in [0.05, 0.1) is 0 Å². The van der Waals surface area contributed by atoms with E-state index >= 15 is 0 Å².